The second kappa shape index (κ2) is 55.2. The molecule has 0 aliphatic rings. The molecule has 0 aromatic rings. The average Bonchev–Trinajstić information content (AvgIpc) is 3.33. The first-order valence-corrected chi connectivity index (χ1v) is 28.1. The minimum atomic E-state index is -0.800. The molecule has 0 spiro atoms. The van der Waals surface area contributed by atoms with E-state index >= 15 is 0 Å². The second-order valence-corrected chi connectivity index (χ2v) is 18.5. The Kier molecular flexibility index (Phi) is 52.4. The van der Waals surface area contributed by atoms with Gasteiger partial charge in [-0.05, 0) is 122 Å². The number of unbranched alkanes of at least 4 members (excludes halogenated alkanes) is 25. The van der Waals surface area contributed by atoms with Crippen LogP contribution in [0.3, 0.4) is 0 Å². The predicted molar refractivity (Wildman–Crippen MR) is 288 cm³/mol. The van der Waals surface area contributed by atoms with Crippen LogP contribution < -0.4 is 0 Å². The molecule has 6 heteroatoms. The standard InChI is InChI=1S/C61H104O6/c1-4-7-10-13-16-19-22-25-28-29-30-31-34-36-39-42-45-48-51-54-60(63)66-57-58(67-61(64)55-52-49-46-43-40-37-33-27-24-21-18-15-12-9-6-3)56-65-59(62)53-50-47-44-41-38-35-32-26-23-20-17-14-11-8-5-2/h16-17,19-20,25-28,30-33,36,39,58H,4-15,18,21-24,29,34-35,37-38,40-57H2,1-3H3/b19-16-,20-17-,28-25-,31-30-,32-26-,33-27-,39-36-/t58-/m0/s1. The largest absolute Gasteiger partial charge is 0.462 e. The van der Waals surface area contributed by atoms with E-state index in [0.717, 1.165) is 122 Å². The van der Waals surface area contributed by atoms with Crippen LogP contribution in [-0.2, 0) is 28.6 Å². The zero-order chi connectivity index (χ0) is 48.6. The van der Waals surface area contributed by atoms with Crippen LogP contribution in [0, 0.1) is 0 Å². The lowest BCUT2D eigenvalue weighted by atomic mass is 10.1. The molecule has 0 fully saturated rings. The normalized spacial score (nSPS) is 12.7. The third-order valence-electron chi connectivity index (χ3n) is 11.8. The summed E-state index contributed by atoms with van der Waals surface area (Å²) in [7, 11) is 0. The summed E-state index contributed by atoms with van der Waals surface area (Å²) >= 11 is 0. The van der Waals surface area contributed by atoms with Crippen molar-refractivity contribution in [3.63, 3.8) is 0 Å². The Labute approximate surface area is 414 Å². The van der Waals surface area contributed by atoms with Gasteiger partial charge < -0.3 is 14.2 Å². The highest BCUT2D eigenvalue weighted by molar-refractivity contribution is 5.71. The van der Waals surface area contributed by atoms with Gasteiger partial charge in [0.15, 0.2) is 6.10 Å². The molecule has 0 aliphatic carbocycles. The maximum Gasteiger partial charge on any atom is 0.306 e. The van der Waals surface area contributed by atoms with Crippen molar-refractivity contribution >= 4 is 17.9 Å². The first-order valence-electron chi connectivity index (χ1n) is 28.1. The summed E-state index contributed by atoms with van der Waals surface area (Å²) in [5, 5.41) is 0. The molecule has 6 nitrogen and oxygen atoms in total. The van der Waals surface area contributed by atoms with Crippen molar-refractivity contribution in [3.05, 3.63) is 85.1 Å². The fraction of sp³-hybridized carbons (Fsp3) is 0.721. The summed E-state index contributed by atoms with van der Waals surface area (Å²) in [6.45, 7) is 6.54. The van der Waals surface area contributed by atoms with E-state index in [-0.39, 0.29) is 31.1 Å². The molecule has 0 amide bonds. The van der Waals surface area contributed by atoms with Gasteiger partial charge in [0.2, 0.25) is 0 Å². The monoisotopic (exact) mass is 933 g/mol. The first-order chi connectivity index (χ1) is 33.0. The summed E-state index contributed by atoms with van der Waals surface area (Å²) < 4.78 is 16.8. The summed E-state index contributed by atoms with van der Waals surface area (Å²) in [6.07, 6.45) is 71.3. The van der Waals surface area contributed by atoms with Crippen molar-refractivity contribution in [2.45, 2.75) is 271 Å². The summed E-state index contributed by atoms with van der Waals surface area (Å²) in [5.41, 5.74) is 0. The number of esters is 3. The van der Waals surface area contributed by atoms with Crippen LogP contribution >= 0.6 is 0 Å². The maximum absolute atomic E-state index is 12.8. The summed E-state index contributed by atoms with van der Waals surface area (Å²) in [6, 6.07) is 0. The Morgan fingerprint density at radius 3 is 0.896 bits per heavy atom. The van der Waals surface area contributed by atoms with E-state index in [1.165, 1.54) is 103 Å². The highest BCUT2D eigenvalue weighted by Gasteiger charge is 2.19. The van der Waals surface area contributed by atoms with Gasteiger partial charge in [-0.1, -0.05) is 209 Å². The smallest absolute Gasteiger partial charge is 0.306 e. The van der Waals surface area contributed by atoms with E-state index in [2.05, 4.69) is 106 Å². The van der Waals surface area contributed by atoms with Crippen molar-refractivity contribution in [3.8, 4) is 0 Å². The molecular weight excluding hydrogens is 829 g/mol. The number of ether oxygens (including phenoxy) is 3. The van der Waals surface area contributed by atoms with Gasteiger partial charge >= 0.3 is 17.9 Å². The van der Waals surface area contributed by atoms with Gasteiger partial charge in [-0.25, -0.2) is 0 Å². The molecule has 67 heavy (non-hydrogen) atoms. The molecule has 0 aromatic carbocycles. The molecule has 0 unspecified atom stereocenters. The van der Waals surface area contributed by atoms with Crippen molar-refractivity contribution in [2.24, 2.45) is 0 Å². The lowest BCUT2D eigenvalue weighted by Crippen LogP contribution is -2.30. The van der Waals surface area contributed by atoms with Crippen LogP contribution in [0.15, 0.2) is 85.1 Å². The Morgan fingerprint density at radius 1 is 0.299 bits per heavy atom. The highest BCUT2D eigenvalue weighted by atomic mass is 16.6. The van der Waals surface area contributed by atoms with Crippen LogP contribution in [0.4, 0.5) is 0 Å². The molecule has 0 aliphatic heterocycles. The van der Waals surface area contributed by atoms with Crippen LogP contribution in [0.2, 0.25) is 0 Å². The molecule has 0 heterocycles. The van der Waals surface area contributed by atoms with Crippen LogP contribution in [0.5, 0.6) is 0 Å². The van der Waals surface area contributed by atoms with Crippen molar-refractivity contribution in [2.75, 3.05) is 13.2 Å². The SMILES string of the molecule is CCCCC/C=C\C/C=C\C/C=C\C/C=C\CCCCCC(=O)OC[C@H](COC(=O)CCCCCCC/C=C\C/C=C\CCCCC)OC(=O)CCCCCCC/C=C\CCCCCCCC. The number of hydrogen-bond acceptors (Lipinski definition) is 6. The molecule has 1 atom stereocenters. The third kappa shape index (κ3) is 53.4. The third-order valence-corrected chi connectivity index (χ3v) is 11.8. The molecule has 0 rings (SSSR count). The molecule has 384 valence electrons. The highest BCUT2D eigenvalue weighted by Crippen LogP contribution is 2.14. The lowest BCUT2D eigenvalue weighted by Gasteiger charge is -2.18. The minimum absolute atomic E-state index is 0.0977. The minimum Gasteiger partial charge on any atom is -0.462 e. The molecule has 0 N–H and O–H groups in total. The number of hydrogen-bond donors (Lipinski definition) is 0. The van der Waals surface area contributed by atoms with Gasteiger partial charge in [0.25, 0.3) is 0 Å². The molecule has 0 bridgehead atoms. The first kappa shape index (κ1) is 63.6. The molecule has 0 aromatic heterocycles. The van der Waals surface area contributed by atoms with E-state index in [4.69, 9.17) is 14.2 Å². The van der Waals surface area contributed by atoms with Gasteiger partial charge in [0.05, 0.1) is 0 Å². The van der Waals surface area contributed by atoms with Gasteiger partial charge in [-0.2, -0.15) is 0 Å². The van der Waals surface area contributed by atoms with Gasteiger partial charge in [-0.3, -0.25) is 14.4 Å². The van der Waals surface area contributed by atoms with Crippen molar-refractivity contribution in [1.82, 2.24) is 0 Å². The second-order valence-electron chi connectivity index (χ2n) is 18.5. The molecule has 0 saturated heterocycles. The number of carbonyl (C=O) groups excluding carboxylic acids is 3. The van der Waals surface area contributed by atoms with E-state index in [1.54, 1.807) is 0 Å². The Hall–Kier alpha value is -3.41. The van der Waals surface area contributed by atoms with E-state index < -0.39 is 6.10 Å². The summed E-state index contributed by atoms with van der Waals surface area (Å²) in [4.78, 5) is 38.1. The summed E-state index contributed by atoms with van der Waals surface area (Å²) in [5.74, 6) is -0.947. The predicted octanol–water partition coefficient (Wildman–Crippen LogP) is 18.8. The average molecular weight is 933 g/mol. The van der Waals surface area contributed by atoms with Gasteiger partial charge in [0.1, 0.15) is 13.2 Å². The molecule has 0 radical (unpaired) electrons. The van der Waals surface area contributed by atoms with Gasteiger partial charge in [0, 0.05) is 19.3 Å². The van der Waals surface area contributed by atoms with Crippen LogP contribution in [0.1, 0.15) is 265 Å². The lowest BCUT2D eigenvalue weighted by molar-refractivity contribution is -0.167. The topological polar surface area (TPSA) is 78.9 Å². The maximum atomic E-state index is 12.8. The quantitative estimate of drug-likeness (QED) is 0.0262. The molecule has 0 saturated carbocycles. The number of allylic oxidation sites excluding steroid dienone is 14. The van der Waals surface area contributed by atoms with Crippen molar-refractivity contribution in [1.29, 1.82) is 0 Å². The Bertz CT molecular complexity index is 1300. The zero-order valence-electron chi connectivity index (χ0n) is 43.9. The fourth-order valence-corrected chi connectivity index (χ4v) is 7.57. The van der Waals surface area contributed by atoms with E-state index in [0.29, 0.717) is 19.3 Å². The molecular formula is C61H104O6. The van der Waals surface area contributed by atoms with E-state index in [9.17, 15) is 14.4 Å². The van der Waals surface area contributed by atoms with Crippen LogP contribution in [0.25, 0.3) is 0 Å². The van der Waals surface area contributed by atoms with Crippen molar-refractivity contribution < 1.29 is 28.6 Å². The Morgan fingerprint density at radius 2 is 0.537 bits per heavy atom. The Balaban J connectivity index is 4.48. The fourth-order valence-electron chi connectivity index (χ4n) is 7.57. The van der Waals surface area contributed by atoms with Gasteiger partial charge in [-0.15, -0.1) is 0 Å². The number of carbonyl (C=O) groups is 3. The van der Waals surface area contributed by atoms with Crippen LogP contribution in [-0.4, -0.2) is 37.2 Å². The van der Waals surface area contributed by atoms with E-state index in [1.807, 2.05) is 0 Å². The zero-order valence-corrected chi connectivity index (χ0v) is 43.9. The number of rotatable bonds is 50.